The molecule has 1 amide bonds. The van der Waals surface area contributed by atoms with Gasteiger partial charge >= 0.3 is 0 Å². The van der Waals surface area contributed by atoms with Crippen LogP contribution >= 0.6 is 11.5 Å². The van der Waals surface area contributed by atoms with Gasteiger partial charge in [0.05, 0.1) is 12.1 Å². The summed E-state index contributed by atoms with van der Waals surface area (Å²) in [6.45, 7) is 0.145. The molecule has 3 N–H and O–H groups in total. The number of amides is 1. The highest BCUT2D eigenvalue weighted by molar-refractivity contribution is 7.11. The number of nitrogens with one attached hydrogen (secondary N) is 1. The van der Waals surface area contributed by atoms with Gasteiger partial charge in [0.25, 0.3) is 0 Å². The molecule has 14 heavy (non-hydrogen) atoms. The Balaban J connectivity index is 2.29. The zero-order chi connectivity index (χ0) is 9.97. The van der Waals surface area contributed by atoms with Gasteiger partial charge in [0.15, 0.2) is 0 Å². The number of fused-ring (bicyclic) bond motifs is 1. The first-order chi connectivity index (χ1) is 6.77. The predicted octanol–water partition coefficient (Wildman–Crippen LogP) is 1.19. The Bertz CT molecular complexity index is 466. The van der Waals surface area contributed by atoms with Crippen molar-refractivity contribution in [2.24, 2.45) is 5.73 Å². The Kier molecular flexibility index (Phi) is 2.32. The molecule has 0 saturated carbocycles. The molecule has 1 heterocycles. The summed E-state index contributed by atoms with van der Waals surface area (Å²) in [7, 11) is 0. The molecule has 4 nitrogen and oxygen atoms in total. The first kappa shape index (κ1) is 8.96. The molecule has 5 heteroatoms. The van der Waals surface area contributed by atoms with E-state index in [0.29, 0.717) is 0 Å². The van der Waals surface area contributed by atoms with Gasteiger partial charge in [0, 0.05) is 5.39 Å². The Morgan fingerprint density at radius 1 is 1.50 bits per heavy atom. The van der Waals surface area contributed by atoms with Gasteiger partial charge in [0.1, 0.15) is 5.00 Å². The molecule has 0 bridgehead atoms. The zero-order valence-electron chi connectivity index (χ0n) is 7.36. The quantitative estimate of drug-likeness (QED) is 0.794. The fourth-order valence-corrected chi connectivity index (χ4v) is 1.94. The van der Waals surface area contributed by atoms with E-state index in [1.54, 1.807) is 0 Å². The number of rotatable bonds is 3. The summed E-state index contributed by atoms with van der Waals surface area (Å²) in [6, 6.07) is 7.76. The van der Waals surface area contributed by atoms with E-state index in [-0.39, 0.29) is 12.5 Å². The fraction of sp³-hybridized carbons (Fsp3) is 0.111. The summed E-state index contributed by atoms with van der Waals surface area (Å²) < 4.78 is 4.22. The standard InChI is InChI=1S/C9H9N3OS/c10-8(13)5-11-9-6-3-1-2-4-7(6)12-14-9/h1-4,11H,5H2,(H2,10,13). The summed E-state index contributed by atoms with van der Waals surface area (Å²) in [6.07, 6.45) is 0. The maximum Gasteiger partial charge on any atom is 0.236 e. The van der Waals surface area contributed by atoms with Crippen LogP contribution in [0.4, 0.5) is 5.00 Å². The van der Waals surface area contributed by atoms with E-state index in [2.05, 4.69) is 9.69 Å². The lowest BCUT2D eigenvalue weighted by Gasteiger charge is -1.98. The maximum absolute atomic E-state index is 10.6. The van der Waals surface area contributed by atoms with Crippen molar-refractivity contribution in [2.75, 3.05) is 11.9 Å². The van der Waals surface area contributed by atoms with Gasteiger partial charge < -0.3 is 11.1 Å². The number of primary amides is 1. The molecule has 0 aliphatic carbocycles. The lowest BCUT2D eigenvalue weighted by Crippen LogP contribution is -2.21. The topological polar surface area (TPSA) is 68.0 Å². The Labute approximate surface area is 84.9 Å². The Hall–Kier alpha value is -1.62. The van der Waals surface area contributed by atoms with Crippen LogP contribution < -0.4 is 11.1 Å². The van der Waals surface area contributed by atoms with Crippen molar-refractivity contribution in [1.29, 1.82) is 0 Å². The largest absolute Gasteiger partial charge is 0.368 e. The number of anilines is 1. The Morgan fingerprint density at radius 3 is 3.07 bits per heavy atom. The van der Waals surface area contributed by atoms with Crippen molar-refractivity contribution in [2.45, 2.75) is 0 Å². The van der Waals surface area contributed by atoms with Gasteiger partial charge in [-0.2, -0.15) is 4.37 Å². The second-order valence-corrected chi connectivity index (χ2v) is 3.62. The van der Waals surface area contributed by atoms with E-state index in [9.17, 15) is 4.79 Å². The van der Waals surface area contributed by atoms with Gasteiger partial charge in [-0.15, -0.1) is 0 Å². The second kappa shape index (κ2) is 3.63. The molecule has 0 spiro atoms. The number of carbonyl (C=O) groups excluding carboxylic acids is 1. The molecule has 0 aliphatic rings. The normalized spacial score (nSPS) is 10.3. The van der Waals surface area contributed by atoms with Crippen molar-refractivity contribution < 1.29 is 4.79 Å². The highest BCUT2D eigenvalue weighted by Crippen LogP contribution is 2.26. The fourth-order valence-electron chi connectivity index (χ4n) is 1.18. The third-order valence-electron chi connectivity index (χ3n) is 1.81. The van der Waals surface area contributed by atoms with Crippen LogP contribution in [0.5, 0.6) is 0 Å². The van der Waals surface area contributed by atoms with Gasteiger partial charge in [-0.05, 0) is 23.7 Å². The molecular formula is C9H9N3OS. The summed E-state index contributed by atoms with van der Waals surface area (Å²) in [5, 5.41) is 4.86. The van der Waals surface area contributed by atoms with Crippen LogP contribution in [-0.4, -0.2) is 16.8 Å². The highest BCUT2D eigenvalue weighted by atomic mass is 32.1. The van der Waals surface area contributed by atoms with E-state index in [0.717, 1.165) is 15.9 Å². The molecule has 0 saturated heterocycles. The molecule has 0 fully saturated rings. The average molecular weight is 207 g/mol. The minimum Gasteiger partial charge on any atom is -0.368 e. The Morgan fingerprint density at radius 2 is 2.29 bits per heavy atom. The summed E-state index contributed by atoms with van der Waals surface area (Å²) >= 11 is 1.34. The van der Waals surface area contributed by atoms with Crippen LogP contribution in [0.2, 0.25) is 0 Å². The van der Waals surface area contributed by atoms with E-state index in [1.807, 2.05) is 24.3 Å². The van der Waals surface area contributed by atoms with Crippen molar-refractivity contribution in [1.82, 2.24) is 4.37 Å². The van der Waals surface area contributed by atoms with Crippen LogP contribution in [0.25, 0.3) is 10.9 Å². The van der Waals surface area contributed by atoms with Gasteiger partial charge in [-0.1, -0.05) is 12.1 Å². The molecule has 0 atom stereocenters. The average Bonchev–Trinajstić information content (AvgIpc) is 2.58. The van der Waals surface area contributed by atoms with Crippen LogP contribution in [0.1, 0.15) is 0 Å². The summed E-state index contributed by atoms with van der Waals surface area (Å²) in [4.78, 5) is 10.6. The number of nitrogens with two attached hydrogens (primary N) is 1. The molecule has 1 aromatic carbocycles. The van der Waals surface area contributed by atoms with Crippen LogP contribution in [0.15, 0.2) is 24.3 Å². The van der Waals surface area contributed by atoms with E-state index >= 15 is 0 Å². The van der Waals surface area contributed by atoms with Crippen molar-refractivity contribution in [3.05, 3.63) is 24.3 Å². The molecule has 0 radical (unpaired) electrons. The SMILES string of the molecule is NC(=O)CNc1snc2ccccc12. The lowest BCUT2D eigenvalue weighted by atomic mass is 10.2. The van der Waals surface area contributed by atoms with Crippen LogP contribution in [-0.2, 0) is 4.79 Å². The number of nitrogens with zero attached hydrogens (tertiary/aromatic N) is 1. The van der Waals surface area contributed by atoms with E-state index in [4.69, 9.17) is 5.73 Å². The minimum atomic E-state index is -0.373. The summed E-state index contributed by atoms with van der Waals surface area (Å²) in [5.74, 6) is -0.373. The number of hydrogen-bond acceptors (Lipinski definition) is 4. The number of benzene rings is 1. The summed E-state index contributed by atoms with van der Waals surface area (Å²) in [5.41, 5.74) is 5.97. The van der Waals surface area contributed by atoms with Crippen molar-refractivity contribution in [3.63, 3.8) is 0 Å². The van der Waals surface area contributed by atoms with Gasteiger partial charge in [0.2, 0.25) is 5.91 Å². The maximum atomic E-state index is 10.6. The number of aromatic nitrogens is 1. The number of hydrogen-bond donors (Lipinski definition) is 2. The first-order valence-corrected chi connectivity index (χ1v) is 4.91. The minimum absolute atomic E-state index is 0.145. The first-order valence-electron chi connectivity index (χ1n) is 4.14. The molecule has 72 valence electrons. The third-order valence-corrected chi connectivity index (χ3v) is 2.64. The van der Waals surface area contributed by atoms with Gasteiger partial charge in [-0.25, -0.2) is 0 Å². The monoisotopic (exact) mass is 207 g/mol. The zero-order valence-corrected chi connectivity index (χ0v) is 8.17. The van der Waals surface area contributed by atoms with Crippen LogP contribution in [0, 0.1) is 0 Å². The van der Waals surface area contributed by atoms with Crippen molar-refractivity contribution in [3.8, 4) is 0 Å². The molecule has 0 unspecified atom stereocenters. The highest BCUT2D eigenvalue weighted by Gasteiger charge is 2.04. The van der Waals surface area contributed by atoms with Gasteiger partial charge in [-0.3, -0.25) is 4.79 Å². The lowest BCUT2D eigenvalue weighted by molar-refractivity contribution is -0.116. The molecule has 2 rings (SSSR count). The van der Waals surface area contributed by atoms with E-state index in [1.165, 1.54) is 11.5 Å². The number of carbonyl (C=O) groups is 1. The van der Waals surface area contributed by atoms with Crippen LogP contribution in [0.3, 0.4) is 0 Å². The third kappa shape index (κ3) is 1.67. The predicted molar refractivity (Wildman–Crippen MR) is 57.3 cm³/mol. The molecule has 0 aliphatic heterocycles. The molecule has 2 aromatic rings. The molecule has 1 aromatic heterocycles. The van der Waals surface area contributed by atoms with E-state index < -0.39 is 0 Å². The smallest absolute Gasteiger partial charge is 0.236 e. The van der Waals surface area contributed by atoms with Crippen molar-refractivity contribution >= 4 is 33.3 Å². The molecular weight excluding hydrogens is 198 g/mol. The second-order valence-electron chi connectivity index (χ2n) is 2.85.